The highest BCUT2D eigenvalue weighted by atomic mass is 16.5. The first kappa shape index (κ1) is 14.1. The lowest BCUT2D eigenvalue weighted by Gasteiger charge is -2.21. The number of hydrogen-bond acceptors (Lipinski definition) is 4. The summed E-state index contributed by atoms with van der Waals surface area (Å²) in [4.78, 5) is 23.9. The van der Waals surface area contributed by atoms with Gasteiger partial charge in [0.15, 0.2) is 6.04 Å². The summed E-state index contributed by atoms with van der Waals surface area (Å²) in [6.07, 6.45) is 3.41. The maximum atomic E-state index is 12.2. The van der Waals surface area contributed by atoms with Crippen molar-refractivity contribution in [2.24, 2.45) is 0 Å². The third-order valence-electron chi connectivity index (χ3n) is 4.23. The van der Waals surface area contributed by atoms with Crippen molar-refractivity contribution in [1.82, 2.24) is 5.32 Å². The van der Waals surface area contributed by atoms with Crippen LogP contribution in [0.1, 0.15) is 47.5 Å². The van der Waals surface area contributed by atoms with Crippen LogP contribution in [-0.2, 0) is 9.53 Å². The van der Waals surface area contributed by atoms with E-state index in [9.17, 15) is 14.7 Å². The number of aliphatic hydroxyl groups is 1. The van der Waals surface area contributed by atoms with Gasteiger partial charge in [-0.3, -0.25) is 4.79 Å². The third kappa shape index (κ3) is 2.93. The summed E-state index contributed by atoms with van der Waals surface area (Å²) < 4.78 is 4.66. The minimum Gasteiger partial charge on any atom is -0.467 e. The molecule has 0 saturated heterocycles. The van der Waals surface area contributed by atoms with E-state index in [-0.39, 0.29) is 5.91 Å². The predicted octanol–water partition coefficient (Wildman–Crippen LogP) is 1.36. The number of amides is 1. The summed E-state index contributed by atoms with van der Waals surface area (Å²) >= 11 is 0. The van der Waals surface area contributed by atoms with Gasteiger partial charge in [-0.15, -0.1) is 0 Å². The monoisotopic (exact) mass is 289 g/mol. The molecule has 2 aliphatic carbocycles. The molecule has 1 atom stereocenters. The molecule has 0 bridgehead atoms. The fraction of sp³-hybridized carbons (Fsp3) is 0.500. The molecule has 0 radical (unpaired) electrons. The van der Waals surface area contributed by atoms with Crippen molar-refractivity contribution in [2.45, 2.75) is 43.2 Å². The molecule has 5 heteroatoms. The number of nitrogens with one attached hydrogen (secondary N) is 1. The quantitative estimate of drug-likeness (QED) is 0.803. The molecule has 2 N–H and O–H groups in total. The molecular weight excluding hydrogens is 270 g/mol. The number of esters is 1. The van der Waals surface area contributed by atoms with E-state index in [1.165, 1.54) is 25.5 Å². The van der Waals surface area contributed by atoms with Crippen molar-refractivity contribution in [3.8, 4) is 0 Å². The van der Waals surface area contributed by atoms with Crippen molar-refractivity contribution in [3.63, 3.8) is 0 Å². The van der Waals surface area contributed by atoms with E-state index in [1.54, 1.807) is 12.1 Å². The first-order chi connectivity index (χ1) is 10.0. The topological polar surface area (TPSA) is 75.6 Å². The summed E-state index contributed by atoms with van der Waals surface area (Å²) in [6, 6.07) is 6.41. The van der Waals surface area contributed by atoms with Crippen molar-refractivity contribution >= 4 is 11.9 Å². The molecule has 1 aromatic rings. The normalized spacial score (nSPS) is 20.5. The highest BCUT2D eigenvalue weighted by molar-refractivity contribution is 5.97. The molecule has 2 aliphatic rings. The van der Waals surface area contributed by atoms with E-state index < -0.39 is 17.6 Å². The molecule has 2 saturated carbocycles. The maximum Gasteiger partial charge on any atom is 0.331 e. The highest BCUT2D eigenvalue weighted by Crippen LogP contribution is 2.40. The maximum absolute atomic E-state index is 12.2. The van der Waals surface area contributed by atoms with E-state index in [1.807, 2.05) is 12.1 Å². The minimum absolute atomic E-state index is 0.368. The van der Waals surface area contributed by atoms with Crippen LogP contribution in [0.3, 0.4) is 0 Å². The zero-order chi connectivity index (χ0) is 15.0. The second kappa shape index (κ2) is 5.15. The van der Waals surface area contributed by atoms with Crippen LogP contribution in [0.25, 0.3) is 0 Å². The van der Waals surface area contributed by atoms with Crippen LogP contribution in [0.2, 0.25) is 0 Å². The Morgan fingerprint density at radius 3 is 2.38 bits per heavy atom. The van der Waals surface area contributed by atoms with E-state index in [0.717, 1.165) is 0 Å². The largest absolute Gasteiger partial charge is 0.467 e. The lowest BCUT2D eigenvalue weighted by molar-refractivity contribution is -0.146. The van der Waals surface area contributed by atoms with Gasteiger partial charge in [0.25, 0.3) is 5.91 Å². The van der Waals surface area contributed by atoms with Gasteiger partial charge in [0.05, 0.1) is 12.7 Å². The van der Waals surface area contributed by atoms with Crippen LogP contribution in [0, 0.1) is 0 Å². The Kier molecular flexibility index (Phi) is 3.45. The van der Waals surface area contributed by atoms with Gasteiger partial charge in [0.1, 0.15) is 0 Å². The molecule has 0 spiro atoms. The smallest absolute Gasteiger partial charge is 0.331 e. The number of hydrogen-bond donors (Lipinski definition) is 2. The van der Waals surface area contributed by atoms with Gasteiger partial charge >= 0.3 is 5.97 Å². The van der Waals surface area contributed by atoms with Gasteiger partial charge in [-0.25, -0.2) is 4.79 Å². The molecule has 3 rings (SSSR count). The molecule has 1 aromatic carbocycles. The average Bonchev–Trinajstić information content (AvgIpc) is 3.40. The molecule has 1 unspecified atom stereocenters. The Labute approximate surface area is 123 Å². The fourth-order valence-electron chi connectivity index (χ4n) is 2.48. The van der Waals surface area contributed by atoms with Gasteiger partial charge in [0, 0.05) is 5.56 Å². The SMILES string of the molecule is COC(=O)C(NC(=O)c1ccc(C2CC2)cc1)C1(O)CC1. The molecule has 2 fully saturated rings. The molecule has 5 nitrogen and oxygen atoms in total. The zero-order valence-corrected chi connectivity index (χ0v) is 12.0. The number of methoxy groups -OCH3 is 1. The Bertz CT molecular complexity index is 558. The third-order valence-corrected chi connectivity index (χ3v) is 4.23. The molecule has 21 heavy (non-hydrogen) atoms. The van der Waals surface area contributed by atoms with Gasteiger partial charge < -0.3 is 15.2 Å². The summed E-state index contributed by atoms with van der Waals surface area (Å²) in [5.74, 6) is -0.344. The number of benzene rings is 1. The number of rotatable bonds is 5. The summed E-state index contributed by atoms with van der Waals surface area (Å²) in [5, 5.41) is 12.7. The van der Waals surface area contributed by atoms with E-state index in [0.29, 0.717) is 24.3 Å². The average molecular weight is 289 g/mol. The second-order valence-corrected chi connectivity index (χ2v) is 5.93. The zero-order valence-electron chi connectivity index (χ0n) is 12.0. The Hall–Kier alpha value is -1.88. The van der Waals surface area contributed by atoms with E-state index >= 15 is 0 Å². The van der Waals surface area contributed by atoms with E-state index in [2.05, 4.69) is 10.1 Å². The lowest BCUT2D eigenvalue weighted by atomic mass is 10.1. The summed E-state index contributed by atoms with van der Waals surface area (Å²) in [5.41, 5.74) is 0.575. The van der Waals surface area contributed by atoms with Crippen LogP contribution in [-0.4, -0.2) is 35.7 Å². The van der Waals surface area contributed by atoms with Gasteiger partial charge in [-0.05, 0) is 49.3 Å². The predicted molar refractivity (Wildman–Crippen MR) is 75.9 cm³/mol. The van der Waals surface area contributed by atoms with Crippen molar-refractivity contribution in [3.05, 3.63) is 35.4 Å². The molecule has 0 heterocycles. The molecule has 0 aliphatic heterocycles. The first-order valence-electron chi connectivity index (χ1n) is 7.24. The highest BCUT2D eigenvalue weighted by Gasteiger charge is 2.52. The summed E-state index contributed by atoms with van der Waals surface area (Å²) in [7, 11) is 1.25. The minimum atomic E-state index is -1.16. The first-order valence-corrected chi connectivity index (χ1v) is 7.24. The van der Waals surface area contributed by atoms with Crippen LogP contribution >= 0.6 is 0 Å². The van der Waals surface area contributed by atoms with Crippen molar-refractivity contribution in [1.29, 1.82) is 0 Å². The Morgan fingerprint density at radius 1 is 1.29 bits per heavy atom. The van der Waals surface area contributed by atoms with Gasteiger partial charge in [-0.2, -0.15) is 0 Å². The second-order valence-electron chi connectivity index (χ2n) is 5.93. The van der Waals surface area contributed by atoms with Gasteiger partial charge in [-0.1, -0.05) is 12.1 Å². The Morgan fingerprint density at radius 2 is 1.90 bits per heavy atom. The summed E-state index contributed by atoms with van der Waals surface area (Å²) in [6.45, 7) is 0. The fourth-order valence-corrected chi connectivity index (χ4v) is 2.48. The van der Waals surface area contributed by atoms with Crippen LogP contribution in [0.5, 0.6) is 0 Å². The number of carbonyl (C=O) groups excluding carboxylic acids is 2. The van der Waals surface area contributed by atoms with Crippen molar-refractivity contribution in [2.75, 3.05) is 7.11 Å². The molecule has 112 valence electrons. The Balaban J connectivity index is 1.70. The lowest BCUT2D eigenvalue weighted by Crippen LogP contribution is -2.50. The van der Waals surface area contributed by atoms with Crippen LogP contribution < -0.4 is 5.32 Å². The van der Waals surface area contributed by atoms with Crippen LogP contribution in [0.4, 0.5) is 0 Å². The standard InChI is InChI=1S/C16H19NO4/c1-21-15(19)13(16(20)8-9-16)17-14(18)12-6-4-11(5-7-12)10-2-3-10/h4-7,10,13,20H,2-3,8-9H2,1H3,(H,17,18). The van der Waals surface area contributed by atoms with Gasteiger partial charge in [0.2, 0.25) is 0 Å². The molecule has 1 amide bonds. The van der Waals surface area contributed by atoms with Crippen LogP contribution in [0.15, 0.2) is 24.3 Å². The van der Waals surface area contributed by atoms with E-state index in [4.69, 9.17) is 0 Å². The molecular formula is C16H19NO4. The number of ether oxygens (including phenoxy) is 1. The molecule has 0 aromatic heterocycles. The van der Waals surface area contributed by atoms with Crippen molar-refractivity contribution < 1.29 is 19.4 Å². The number of carbonyl (C=O) groups is 2.